The Morgan fingerprint density at radius 2 is 1.97 bits per heavy atom. The molecule has 1 aromatic carbocycles. The molecule has 2 fully saturated rings. The van der Waals surface area contributed by atoms with Crippen molar-refractivity contribution in [1.29, 1.82) is 0 Å². The van der Waals surface area contributed by atoms with E-state index in [0.29, 0.717) is 34.3 Å². The maximum absolute atomic E-state index is 13.2. The van der Waals surface area contributed by atoms with Crippen LogP contribution in [-0.4, -0.2) is 69.3 Å². The highest BCUT2D eigenvalue weighted by Crippen LogP contribution is 2.32. The average molecular weight is 497 g/mol. The molecule has 3 heterocycles. The first-order chi connectivity index (χ1) is 15.4. The fourth-order valence-corrected chi connectivity index (χ4v) is 7.18. The van der Waals surface area contributed by atoms with Crippen molar-refractivity contribution >= 4 is 50.2 Å². The van der Waals surface area contributed by atoms with Gasteiger partial charge in [-0.15, -0.1) is 11.3 Å². The normalized spacial score (nSPS) is 20.9. The van der Waals surface area contributed by atoms with Crippen LogP contribution in [0.2, 0.25) is 5.02 Å². The minimum atomic E-state index is -3.56. The van der Waals surface area contributed by atoms with E-state index in [0.717, 1.165) is 38.4 Å². The molecular formula is C22H29ClN4O3S2. The van der Waals surface area contributed by atoms with Crippen molar-refractivity contribution in [2.45, 2.75) is 24.0 Å². The summed E-state index contributed by atoms with van der Waals surface area (Å²) in [6, 6.07) is 8.92. The summed E-state index contributed by atoms with van der Waals surface area (Å²) in [7, 11) is -3.56. The van der Waals surface area contributed by atoms with Gasteiger partial charge in [-0.2, -0.15) is 4.31 Å². The molecule has 0 saturated carbocycles. The van der Waals surface area contributed by atoms with Crippen LogP contribution in [0.15, 0.2) is 39.9 Å². The van der Waals surface area contributed by atoms with Crippen LogP contribution in [0.1, 0.15) is 19.8 Å². The number of hydrogen-bond donors (Lipinski definition) is 1. The summed E-state index contributed by atoms with van der Waals surface area (Å²) in [4.78, 5) is 17.8. The van der Waals surface area contributed by atoms with Gasteiger partial charge in [0.1, 0.15) is 4.21 Å². The van der Waals surface area contributed by atoms with Crippen LogP contribution < -0.4 is 10.2 Å². The predicted molar refractivity (Wildman–Crippen MR) is 130 cm³/mol. The van der Waals surface area contributed by atoms with Gasteiger partial charge in [-0.05, 0) is 49.0 Å². The highest BCUT2D eigenvalue weighted by Gasteiger charge is 2.34. The van der Waals surface area contributed by atoms with Crippen molar-refractivity contribution < 1.29 is 13.2 Å². The van der Waals surface area contributed by atoms with E-state index in [-0.39, 0.29) is 12.5 Å². The van der Waals surface area contributed by atoms with E-state index in [1.165, 1.54) is 15.6 Å². The standard InChI is InChI=1S/C22H29ClN4O3S2/c1-2-25-10-12-26(13-11-25)20-8-7-18(23)15-19(20)24-22(28)17-5-3-9-27(16-17)32(29,30)21-6-4-14-31-21/h4,6-8,14-15,17H,2-3,5,9-13,16H2,1H3,(H,24,28). The van der Waals surface area contributed by atoms with E-state index >= 15 is 0 Å². The lowest BCUT2D eigenvalue weighted by molar-refractivity contribution is -0.120. The molecule has 2 aliphatic rings. The van der Waals surface area contributed by atoms with Crippen LogP contribution in [-0.2, 0) is 14.8 Å². The van der Waals surface area contributed by atoms with Gasteiger partial charge in [0.15, 0.2) is 0 Å². The molecular weight excluding hydrogens is 468 g/mol. The van der Waals surface area contributed by atoms with Gasteiger partial charge in [-0.25, -0.2) is 8.42 Å². The Balaban J connectivity index is 1.47. The molecule has 2 aromatic rings. The highest BCUT2D eigenvalue weighted by atomic mass is 35.5. The molecule has 2 aliphatic heterocycles. The van der Waals surface area contributed by atoms with Gasteiger partial charge < -0.3 is 15.1 Å². The second-order valence-corrected chi connectivity index (χ2v) is 11.8. The third kappa shape index (κ3) is 5.12. The summed E-state index contributed by atoms with van der Waals surface area (Å²) < 4.78 is 27.6. The van der Waals surface area contributed by atoms with Gasteiger partial charge in [-0.1, -0.05) is 24.6 Å². The first-order valence-electron chi connectivity index (χ1n) is 11.0. The van der Waals surface area contributed by atoms with Crippen molar-refractivity contribution in [2.75, 3.05) is 56.0 Å². The van der Waals surface area contributed by atoms with E-state index in [2.05, 4.69) is 22.0 Å². The second-order valence-electron chi connectivity index (χ2n) is 8.21. The maximum Gasteiger partial charge on any atom is 0.252 e. The van der Waals surface area contributed by atoms with Crippen LogP contribution in [0.5, 0.6) is 0 Å². The van der Waals surface area contributed by atoms with Crippen molar-refractivity contribution in [3.8, 4) is 0 Å². The van der Waals surface area contributed by atoms with E-state index in [1.807, 2.05) is 12.1 Å². The summed E-state index contributed by atoms with van der Waals surface area (Å²) >= 11 is 7.45. The molecule has 1 N–H and O–H groups in total. The largest absolute Gasteiger partial charge is 0.367 e. The molecule has 1 aromatic heterocycles. The second kappa shape index (κ2) is 10.1. The Morgan fingerprint density at radius 3 is 2.66 bits per heavy atom. The molecule has 0 radical (unpaired) electrons. The Bertz CT molecular complexity index is 1040. The number of carbonyl (C=O) groups excluding carboxylic acids is 1. The molecule has 1 amide bonds. The van der Waals surface area contributed by atoms with E-state index in [9.17, 15) is 13.2 Å². The number of benzene rings is 1. The minimum Gasteiger partial charge on any atom is -0.367 e. The van der Waals surface area contributed by atoms with E-state index < -0.39 is 15.9 Å². The zero-order valence-electron chi connectivity index (χ0n) is 18.2. The Morgan fingerprint density at radius 1 is 1.19 bits per heavy atom. The first kappa shape index (κ1) is 23.5. The van der Waals surface area contributed by atoms with Crippen LogP contribution in [0, 0.1) is 5.92 Å². The zero-order chi connectivity index (χ0) is 22.7. The van der Waals surface area contributed by atoms with Crippen LogP contribution in [0.25, 0.3) is 0 Å². The molecule has 4 rings (SSSR count). The number of halogens is 1. The number of hydrogen-bond acceptors (Lipinski definition) is 6. The number of amides is 1. The van der Waals surface area contributed by atoms with Crippen LogP contribution in [0.3, 0.4) is 0 Å². The van der Waals surface area contributed by atoms with Gasteiger partial charge >= 0.3 is 0 Å². The number of thiophene rings is 1. The lowest BCUT2D eigenvalue weighted by atomic mass is 9.98. The van der Waals surface area contributed by atoms with Gasteiger partial charge in [0.25, 0.3) is 10.0 Å². The number of piperidine rings is 1. The number of nitrogens with zero attached hydrogens (tertiary/aromatic N) is 3. The first-order valence-corrected chi connectivity index (χ1v) is 13.7. The number of piperazine rings is 1. The summed E-state index contributed by atoms with van der Waals surface area (Å²) in [5.41, 5.74) is 1.64. The number of anilines is 2. The molecule has 32 heavy (non-hydrogen) atoms. The van der Waals surface area contributed by atoms with Crippen LogP contribution >= 0.6 is 22.9 Å². The molecule has 2 saturated heterocycles. The number of sulfonamides is 1. The summed E-state index contributed by atoms with van der Waals surface area (Å²) in [6.07, 6.45) is 1.32. The lowest BCUT2D eigenvalue weighted by Crippen LogP contribution is -2.46. The molecule has 174 valence electrons. The molecule has 10 heteroatoms. The van der Waals surface area contributed by atoms with E-state index in [4.69, 9.17) is 11.6 Å². The molecule has 1 unspecified atom stereocenters. The third-order valence-corrected chi connectivity index (χ3v) is 9.69. The number of likely N-dealkylation sites (N-methyl/N-ethyl adjacent to an activating group) is 1. The summed E-state index contributed by atoms with van der Waals surface area (Å²) in [6.45, 7) is 7.55. The smallest absolute Gasteiger partial charge is 0.252 e. The number of rotatable bonds is 6. The van der Waals surface area contributed by atoms with Crippen molar-refractivity contribution in [3.05, 3.63) is 40.7 Å². The van der Waals surface area contributed by atoms with Gasteiger partial charge in [0.2, 0.25) is 5.91 Å². The molecule has 7 nitrogen and oxygen atoms in total. The Kier molecular flexibility index (Phi) is 7.41. The monoisotopic (exact) mass is 496 g/mol. The Labute approximate surface area is 199 Å². The minimum absolute atomic E-state index is 0.160. The van der Waals surface area contributed by atoms with Gasteiger partial charge in [0.05, 0.1) is 17.3 Å². The molecule has 0 bridgehead atoms. The van der Waals surface area contributed by atoms with E-state index in [1.54, 1.807) is 23.6 Å². The molecule has 0 spiro atoms. The summed E-state index contributed by atoms with van der Waals surface area (Å²) in [5.74, 6) is -0.561. The third-order valence-electron chi connectivity index (χ3n) is 6.22. The summed E-state index contributed by atoms with van der Waals surface area (Å²) in [5, 5.41) is 5.36. The maximum atomic E-state index is 13.2. The van der Waals surface area contributed by atoms with Crippen molar-refractivity contribution in [1.82, 2.24) is 9.21 Å². The predicted octanol–water partition coefficient (Wildman–Crippen LogP) is 3.58. The fraction of sp³-hybridized carbons (Fsp3) is 0.500. The van der Waals surface area contributed by atoms with Crippen molar-refractivity contribution in [2.24, 2.45) is 5.92 Å². The fourth-order valence-electron chi connectivity index (χ4n) is 4.34. The lowest BCUT2D eigenvalue weighted by Gasteiger charge is -2.36. The van der Waals surface area contributed by atoms with Crippen LogP contribution in [0.4, 0.5) is 11.4 Å². The Hall–Kier alpha value is -1.65. The molecule has 1 atom stereocenters. The number of nitrogens with one attached hydrogen (secondary N) is 1. The van der Waals surface area contributed by atoms with Gasteiger partial charge in [-0.3, -0.25) is 4.79 Å². The quantitative estimate of drug-likeness (QED) is 0.661. The highest BCUT2D eigenvalue weighted by molar-refractivity contribution is 7.91. The van der Waals surface area contributed by atoms with Gasteiger partial charge in [0, 0.05) is 44.3 Å². The average Bonchev–Trinajstić information content (AvgIpc) is 3.35. The van der Waals surface area contributed by atoms with Crippen molar-refractivity contribution in [3.63, 3.8) is 0 Å². The SMILES string of the molecule is CCN1CCN(c2ccc(Cl)cc2NC(=O)C2CCCN(S(=O)(=O)c3cccs3)C2)CC1. The topological polar surface area (TPSA) is 73.0 Å². The molecule has 0 aliphatic carbocycles. The zero-order valence-corrected chi connectivity index (χ0v) is 20.6. The number of carbonyl (C=O) groups is 1.